The number of amides is 1. The molecule has 100 valence electrons. The summed E-state index contributed by atoms with van der Waals surface area (Å²) in [5.74, 6) is -0.292. The summed E-state index contributed by atoms with van der Waals surface area (Å²) in [7, 11) is 0. The fourth-order valence-corrected chi connectivity index (χ4v) is 1.40. The van der Waals surface area contributed by atoms with Gasteiger partial charge in [0.1, 0.15) is 17.1 Å². The first kappa shape index (κ1) is 12.8. The van der Waals surface area contributed by atoms with Gasteiger partial charge in [-0.2, -0.15) is 13.9 Å². The van der Waals surface area contributed by atoms with E-state index < -0.39 is 12.5 Å². The summed E-state index contributed by atoms with van der Waals surface area (Å²) >= 11 is 0. The van der Waals surface area contributed by atoms with Gasteiger partial charge in [-0.05, 0) is 24.3 Å². The van der Waals surface area contributed by atoms with E-state index in [1.807, 2.05) is 0 Å². The van der Waals surface area contributed by atoms with E-state index >= 15 is 0 Å². The number of anilines is 2. The zero-order valence-corrected chi connectivity index (χ0v) is 9.56. The van der Waals surface area contributed by atoms with Crippen LogP contribution < -0.4 is 15.8 Å². The van der Waals surface area contributed by atoms with Crippen molar-refractivity contribution in [2.24, 2.45) is 0 Å². The van der Waals surface area contributed by atoms with Crippen LogP contribution in [0.4, 0.5) is 20.3 Å². The van der Waals surface area contributed by atoms with Crippen LogP contribution in [-0.4, -0.2) is 22.7 Å². The molecule has 0 atom stereocenters. The number of nitrogens with two attached hydrogens (primary N) is 1. The number of aromatic amines is 1. The molecule has 0 saturated heterocycles. The number of hydrogen-bond donors (Lipinski definition) is 3. The van der Waals surface area contributed by atoms with Gasteiger partial charge in [-0.3, -0.25) is 9.89 Å². The standard InChI is InChI=1S/C11H10F2N4O2/c12-11(13)19-7-3-1-6(2-4-7)16-10(18)8-5-15-17-9(8)14/h1-5,11H,(H,16,18)(H3,14,15,17). The monoisotopic (exact) mass is 268 g/mol. The number of benzene rings is 1. The van der Waals surface area contributed by atoms with Gasteiger partial charge < -0.3 is 15.8 Å². The maximum absolute atomic E-state index is 11.9. The average molecular weight is 268 g/mol. The maximum Gasteiger partial charge on any atom is 0.387 e. The van der Waals surface area contributed by atoms with Crippen molar-refractivity contribution in [1.29, 1.82) is 0 Å². The lowest BCUT2D eigenvalue weighted by molar-refractivity contribution is -0.0498. The minimum atomic E-state index is -2.88. The number of aromatic nitrogens is 2. The number of H-pyrrole nitrogens is 1. The van der Waals surface area contributed by atoms with Gasteiger partial charge >= 0.3 is 6.61 Å². The molecule has 8 heteroatoms. The van der Waals surface area contributed by atoms with E-state index in [-0.39, 0.29) is 17.1 Å². The van der Waals surface area contributed by atoms with Gasteiger partial charge in [-0.1, -0.05) is 0 Å². The quantitative estimate of drug-likeness (QED) is 0.788. The summed E-state index contributed by atoms with van der Waals surface area (Å²) in [6.07, 6.45) is 1.29. The van der Waals surface area contributed by atoms with E-state index in [4.69, 9.17) is 5.73 Å². The van der Waals surface area contributed by atoms with Crippen molar-refractivity contribution in [3.8, 4) is 5.75 Å². The molecule has 6 nitrogen and oxygen atoms in total. The fourth-order valence-electron chi connectivity index (χ4n) is 1.40. The van der Waals surface area contributed by atoms with Crippen LogP contribution in [0, 0.1) is 0 Å². The van der Waals surface area contributed by atoms with Crippen molar-refractivity contribution in [2.45, 2.75) is 6.61 Å². The van der Waals surface area contributed by atoms with Gasteiger partial charge in [-0.25, -0.2) is 0 Å². The molecule has 0 bridgehead atoms. The normalized spacial score (nSPS) is 10.5. The van der Waals surface area contributed by atoms with Gasteiger partial charge in [0.05, 0.1) is 6.20 Å². The smallest absolute Gasteiger partial charge is 0.387 e. The first-order valence-corrected chi connectivity index (χ1v) is 5.21. The highest BCUT2D eigenvalue weighted by atomic mass is 19.3. The predicted molar refractivity (Wildman–Crippen MR) is 64.0 cm³/mol. The Morgan fingerprint density at radius 1 is 1.37 bits per heavy atom. The summed E-state index contributed by atoms with van der Waals surface area (Å²) < 4.78 is 28.1. The minimum Gasteiger partial charge on any atom is -0.435 e. The summed E-state index contributed by atoms with van der Waals surface area (Å²) in [6, 6.07) is 5.51. The molecule has 1 heterocycles. The number of ether oxygens (including phenoxy) is 1. The lowest BCUT2D eigenvalue weighted by atomic mass is 10.2. The van der Waals surface area contributed by atoms with Crippen LogP contribution in [0.3, 0.4) is 0 Å². The third-order valence-corrected chi connectivity index (χ3v) is 2.25. The third-order valence-electron chi connectivity index (χ3n) is 2.25. The SMILES string of the molecule is Nc1[nH]ncc1C(=O)Nc1ccc(OC(F)F)cc1. The zero-order valence-electron chi connectivity index (χ0n) is 9.56. The Morgan fingerprint density at radius 3 is 2.58 bits per heavy atom. The molecule has 1 aromatic carbocycles. The largest absolute Gasteiger partial charge is 0.435 e. The maximum atomic E-state index is 11.9. The molecule has 2 rings (SSSR count). The molecular weight excluding hydrogens is 258 g/mol. The summed E-state index contributed by atoms with van der Waals surface area (Å²) in [4.78, 5) is 11.8. The molecule has 19 heavy (non-hydrogen) atoms. The Bertz CT molecular complexity index is 568. The summed E-state index contributed by atoms with van der Waals surface area (Å²) in [5, 5.41) is 8.59. The topological polar surface area (TPSA) is 93.0 Å². The molecule has 1 aromatic heterocycles. The van der Waals surface area contributed by atoms with Gasteiger partial charge in [0, 0.05) is 5.69 Å². The number of rotatable bonds is 4. The first-order valence-electron chi connectivity index (χ1n) is 5.21. The van der Waals surface area contributed by atoms with Crippen LogP contribution in [0.15, 0.2) is 30.5 Å². The second-order valence-electron chi connectivity index (χ2n) is 3.55. The fraction of sp³-hybridized carbons (Fsp3) is 0.0909. The second-order valence-corrected chi connectivity index (χ2v) is 3.55. The predicted octanol–water partition coefficient (Wildman–Crippen LogP) is 1.85. The van der Waals surface area contributed by atoms with Gasteiger partial charge in [-0.15, -0.1) is 0 Å². The number of nitrogen functional groups attached to an aromatic ring is 1. The number of nitrogens with zero attached hydrogens (tertiary/aromatic N) is 1. The highest BCUT2D eigenvalue weighted by molar-refractivity contribution is 6.07. The molecule has 0 spiro atoms. The first-order chi connectivity index (χ1) is 9.06. The summed E-state index contributed by atoms with van der Waals surface area (Å²) in [6.45, 7) is -2.88. The van der Waals surface area contributed by atoms with Crippen molar-refractivity contribution >= 4 is 17.4 Å². The molecule has 0 aliphatic rings. The van der Waals surface area contributed by atoms with Gasteiger partial charge in [0.2, 0.25) is 0 Å². The molecule has 2 aromatic rings. The van der Waals surface area contributed by atoms with E-state index in [1.54, 1.807) is 0 Å². The third kappa shape index (κ3) is 3.18. The van der Waals surface area contributed by atoms with E-state index in [0.717, 1.165) is 0 Å². The lowest BCUT2D eigenvalue weighted by Gasteiger charge is -2.07. The van der Waals surface area contributed by atoms with Crippen molar-refractivity contribution in [2.75, 3.05) is 11.1 Å². The highest BCUT2D eigenvalue weighted by Crippen LogP contribution is 2.18. The lowest BCUT2D eigenvalue weighted by Crippen LogP contribution is -2.12. The van der Waals surface area contributed by atoms with E-state index in [2.05, 4.69) is 20.3 Å². The van der Waals surface area contributed by atoms with Crippen molar-refractivity contribution in [3.05, 3.63) is 36.0 Å². The molecule has 1 amide bonds. The molecule has 0 unspecified atom stereocenters. The van der Waals surface area contributed by atoms with Gasteiger partial charge in [0.25, 0.3) is 5.91 Å². The zero-order chi connectivity index (χ0) is 13.8. The Hall–Kier alpha value is -2.64. The summed E-state index contributed by atoms with van der Waals surface area (Å²) in [5.41, 5.74) is 6.12. The molecule has 0 saturated carbocycles. The Morgan fingerprint density at radius 2 is 2.05 bits per heavy atom. The van der Waals surface area contributed by atoms with Crippen molar-refractivity contribution in [1.82, 2.24) is 10.2 Å². The Kier molecular flexibility index (Phi) is 3.60. The molecule has 4 N–H and O–H groups in total. The minimum absolute atomic E-state index is 0.0100. The van der Waals surface area contributed by atoms with Crippen LogP contribution in [0.25, 0.3) is 0 Å². The number of nitrogens with one attached hydrogen (secondary N) is 2. The average Bonchev–Trinajstić information content (AvgIpc) is 2.77. The van der Waals surface area contributed by atoms with Crippen LogP contribution in [0.1, 0.15) is 10.4 Å². The number of halogens is 2. The van der Waals surface area contributed by atoms with Crippen molar-refractivity contribution in [3.63, 3.8) is 0 Å². The van der Waals surface area contributed by atoms with E-state index in [0.29, 0.717) is 5.69 Å². The molecule has 0 fully saturated rings. The molecule has 0 aliphatic heterocycles. The molecule has 0 aliphatic carbocycles. The van der Waals surface area contributed by atoms with Crippen molar-refractivity contribution < 1.29 is 18.3 Å². The van der Waals surface area contributed by atoms with Gasteiger partial charge in [0.15, 0.2) is 0 Å². The Labute approximate surface area is 106 Å². The number of carbonyl (C=O) groups is 1. The molecule has 0 radical (unpaired) electrons. The number of carbonyl (C=O) groups excluding carboxylic acids is 1. The molecular formula is C11H10F2N4O2. The van der Waals surface area contributed by atoms with E-state index in [9.17, 15) is 13.6 Å². The van der Waals surface area contributed by atoms with Crippen LogP contribution in [-0.2, 0) is 0 Å². The van der Waals surface area contributed by atoms with Crippen LogP contribution >= 0.6 is 0 Å². The van der Waals surface area contributed by atoms with Crippen LogP contribution in [0.5, 0.6) is 5.75 Å². The van der Waals surface area contributed by atoms with E-state index in [1.165, 1.54) is 30.5 Å². The number of alkyl halides is 2. The second kappa shape index (κ2) is 5.34. The highest BCUT2D eigenvalue weighted by Gasteiger charge is 2.12. The Balaban J connectivity index is 2.04. The van der Waals surface area contributed by atoms with Crippen LogP contribution in [0.2, 0.25) is 0 Å². The number of hydrogen-bond acceptors (Lipinski definition) is 4.